The molecule has 1 unspecified atom stereocenters. The first kappa shape index (κ1) is 10.5. The van der Waals surface area contributed by atoms with Crippen molar-refractivity contribution in [1.82, 2.24) is 0 Å². The van der Waals surface area contributed by atoms with Crippen LogP contribution in [0.3, 0.4) is 0 Å². The molecule has 0 amide bonds. The second-order valence-electron chi connectivity index (χ2n) is 4.10. The zero-order valence-electron chi connectivity index (χ0n) is 7.58. The molecule has 0 aromatic rings. The zero-order chi connectivity index (χ0) is 8.20. The molecule has 1 atom stereocenters. The van der Waals surface area contributed by atoms with Gasteiger partial charge in [0.1, 0.15) is 0 Å². The van der Waals surface area contributed by atoms with Crippen LogP contribution in [-0.4, -0.2) is 4.83 Å². The van der Waals surface area contributed by atoms with Gasteiger partial charge in [-0.05, 0) is 24.7 Å². The summed E-state index contributed by atoms with van der Waals surface area (Å²) in [5, 5.41) is 0. The molecular weight excluding hydrogens is 188 g/mol. The molecule has 0 N–H and O–H groups in total. The minimum Gasteiger partial charge on any atom is -0.0891 e. The van der Waals surface area contributed by atoms with E-state index in [-0.39, 0.29) is 0 Å². The summed E-state index contributed by atoms with van der Waals surface area (Å²) in [6.45, 7) is 9.11. The van der Waals surface area contributed by atoms with E-state index in [4.69, 9.17) is 0 Å². The van der Waals surface area contributed by atoms with Gasteiger partial charge in [-0.3, -0.25) is 0 Å². The highest BCUT2D eigenvalue weighted by Gasteiger charge is 2.11. The maximum absolute atomic E-state index is 3.63. The highest BCUT2D eigenvalue weighted by atomic mass is 79.9. The largest absolute Gasteiger partial charge is 0.0891 e. The maximum atomic E-state index is 3.63. The second kappa shape index (κ2) is 4.38. The summed E-state index contributed by atoms with van der Waals surface area (Å²) < 4.78 is 0. The minimum atomic E-state index is 0.501. The van der Waals surface area contributed by atoms with Gasteiger partial charge in [0.05, 0.1) is 0 Å². The molecule has 0 rings (SSSR count). The molecule has 0 radical (unpaired) electrons. The third kappa shape index (κ3) is 6.60. The Kier molecular flexibility index (Phi) is 4.59. The molecular formula is C9H19Br. The Morgan fingerprint density at radius 2 is 1.80 bits per heavy atom. The fraction of sp³-hybridized carbons (Fsp3) is 1.00. The van der Waals surface area contributed by atoms with Gasteiger partial charge in [-0.25, -0.2) is 0 Å². The van der Waals surface area contributed by atoms with Crippen molar-refractivity contribution < 1.29 is 0 Å². The highest BCUT2D eigenvalue weighted by Crippen LogP contribution is 2.24. The van der Waals surface area contributed by atoms with E-state index >= 15 is 0 Å². The summed E-state index contributed by atoms with van der Waals surface area (Å²) in [5.74, 6) is 0. The van der Waals surface area contributed by atoms with Crippen molar-refractivity contribution in [3.63, 3.8) is 0 Å². The van der Waals surface area contributed by atoms with Crippen molar-refractivity contribution in [3.8, 4) is 0 Å². The summed E-state index contributed by atoms with van der Waals surface area (Å²) >= 11 is 3.63. The van der Waals surface area contributed by atoms with Crippen molar-refractivity contribution in [2.75, 3.05) is 0 Å². The molecule has 62 valence electrons. The Bertz CT molecular complexity index is 81.2. The van der Waals surface area contributed by atoms with Crippen molar-refractivity contribution in [1.29, 1.82) is 0 Å². The van der Waals surface area contributed by atoms with Crippen molar-refractivity contribution >= 4 is 15.9 Å². The average molecular weight is 207 g/mol. The van der Waals surface area contributed by atoms with Crippen LogP contribution in [0.15, 0.2) is 0 Å². The van der Waals surface area contributed by atoms with Crippen molar-refractivity contribution in [2.45, 2.75) is 51.8 Å². The average Bonchev–Trinajstić information content (AvgIpc) is 1.81. The minimum absolute atomic E-state index is 0.501. The Hall–Kier alpha value is 0.480. The lowest BCUT2D eigenvalue weighted by atomic mass is 9.89. The number of hydrogen-bond acceptors (Lipinski definition) is 0. The van der Waals surface area contributed by atoms with Crippen LogP contribution in [0.5, 0.6) is 0 Å². The molecule has 0 aliphatic heterocycles. The van der Waals surface area contributed by atoms with Crippen molar-refractivity contribution in [2.24, 2.45) is 5.41 Å². The third-order valence-electron chi connectivity index (χ3n) is 1.65. The van der Waals surface area contributed by atoms with Gasteiger partial charge in [0, 0.05) is 4.83 Å². The summed E-state index contributed by atoms with van der Waals surface area (Å²) in [4.78, 5) is 0.728. The van der Waals surface area contributed by atoms with E-state index in [1.54, 1.807) is 0 Å². The van der Waals surface area contributed by atoms with Crippen LogP contribution in [0.2, 0.25) is 0 Å². The molecule has 0 saturated carbocycles. The van der Waals surface area contributed by atoms with Gasteiger partial charge in [-0.1, -0.05) is 43.6 Å². The molecule has 0 heterocycles. The molecule has 0 aliphatic rings. The smallest absolute Gasteiger partial charge is 0.0143 e. The first-order valence-electron chi connectivity index (χ1n) is 4.10. The monoisotopic (exact) mass is 206 g/mol. The fourth-order valence-electron chi connectivity index (χ4n) is 0.794. The molecule has 1 heteroatoms. The van der Waals surface area contributed by atoms with Crippen LogP contribution >= 0.6 is 15.9 Å². The van der Waals surface area contributed by atoms with E-state index in [9.17, 15) is 0 Å². The number of halogens is 1. The van der Waals surface area contributed by atoms with E-state index < -0.39 is 0 Å². The van der Waals surface area contributed by atoms with Crippen LogP contribution in [0, 0.1) is 5.41 Å². The van der Waals surface area contributed by atoms with E-state index in [0.29, 0.717) is 5.41 Å². The summed E-state index contributed by atoms with van der Waals surface area (Å²) in [7, 11) is 0. The van der Waals surface area contributed by atoms with Gasteiger partial charge in [0.15, 0.2) is 0 Å². The van der Waals surface area contributed by atoms with Gasteiger partial charge in [-0.15, -0.1) is 0 Å². The van der Waals surface area contributed by atoms with Gasteiger partial charge in [0.25, 0.3) is 0 Å². The topological polar surface area (TPSA) is 0 Å². The van der Waals surface area contributed by atoms with Crippen molar-refractivity contribution in [3.05, 3.63) is 0 Å². The Labute approximate surface area is 73.5 Å². The van der Waals surface area contributed by atoms with E-state index in [1.165, 1.54) is 19.3 Å². The predicted octanol–water partition coefficient (Wildman–Crippen LogP) is 3.99. The van der Waals surface area contributed by atoms with Gasteiger partial charge >= 0.3 is 0 Å². The summed E-state index contributed by atoms with van der Waals surface area (Å²) in [5.41, 5.74) is 0.501. The summed E-state index contributed by atoms with van der Waals surface area (Å²) in [6.07, 6.45) is 3.87. The lowest BCUT2D eigenvalue weighted by Gasteiger charge is -2.19. The highest BCUT2D eigenvalue weighted by molar-refractivity contribution is 9.09. The Balaban J connectivity index is 3.36. The van der Waals surface area contributed by atoms with Gasteiger partial charge < -0.3 is 0 Å². The quantitative estimate of drug-likeness (QED) is 0.614. The van der Waals surface area contributed by atoms with Gasteiger partial charge in [-0.2, -0.15) is 0 Å². The molecule has 0 spiro atoms. The first-order valence-corrected chi connectivity index (χ1v) is 5.01. The molecule has 0 saturated heterocycles. The van der Waals surface area contributed by atoms with Crippen LogP contribution in [0.4, 0.5) is 0 Å². The normalized spacial score (nSPS) is 15.3. The number of alkyl halides is 1. The Morgan fingerprint density at radius 3 is 2.10 bits per heavy atom. The second-order valence-corrected chi connectivity index (χ2v) is 5.40. The SMILES string of the molecule is CCC(Br)CCC(C)(C)C. The molecule has 0 aliphatic carbocycles. The molecule has 0 aromatic heterocycles. The molecule has 0 fully saturated rings. The Morgan fingerprint density at radius 1 is 1.30 bits per heavy atom. The molecule has 10 heavy (non-hydrogen) atoms. The van der Waals surface area contributed by atoms with E-state index in [2.05, 4.69) is 43.6 Å². The van der Waals surface area contributed by atoms with E-state index in [0.717, 1.165) is 4.83 Å². The molecule has 0 nitrogen and oxygen atoms in total. The number of rotatable bonds is 3. The van der Waals surface area contributed by atoms with Crippen LogP contribution in [0.1, 0.15) is 47.0 Å². The molecule has 0 bridgehead atoms. The fourth-order valence-corrected chi connectivity index (χ4v) is 1.02. The lowest BCUT2D eigenvalue weighted by molar-refractivity contribution is 0.363. The molecule has 0 aromatic carbocycles. The van der Waals surface area contributed by atoms with Crippen LogP contribution in [-0.2, 0) is 0 Å². The van der Waals surface area contributed by atoms with Crippen LogP contribution in [0.25, 0.3) is 0 Å². The standard InChI is InChI=1S/C9H19Br/c1-5-8(10)6-7-9(2,3)4/h8H,5-7H2,1-4H3. The first-order chi connectivity index (χ1) is 4.45. The van der Waals surface area contributed by atoms with E-state index in [1.807, 2.05) is 0 Å². The van der Waals surface area contributed by atoms with Crippen LogP contribution < -0.4 is 0 Å². The third-order valence-corrected chi connectivity index (χ3v) is 2.76. The zero-order valence-corrected chi connectivity index (χ0v) is 9.16. The lowest BCUT2D eigenvalue weighted by Crippen LogP contribution is -2.08. The van der Waals surface area contributed by atoms with Gasteiger partial charge in [0.2, 0.25) is 0 Å². The predicted molar refractivity (Wildman–Crippen MR) is 51.7 cm³/mol. The summed E-state index contributed by atoms with van der Waals surface area (Å²) in [6, 6.07) is 0. The maximum Gasteiger partial charge on any atom is 0.0143 e. The number of hydrogen-bond donors (Lipinski definition) is 0.